The second-order valence-electron chi connectivity index (χ2n) is 6.66. The maximum absolute atomic E-state index is 12.2. The SMILES string of the molecule is Cc1c(NC(=O)CCc2nc(C3=CC[NH+](C)CC3)no2)cccc1[N+](=O)[O-]. The molecule has 1 unspecified atom stereocenters. The van der Waals surface area contributed by atoms with Crippen LogP contribution in [0.25, 0.3) is 5.57 Å². The third kappa shape index (κ3) is 4.56. The molecule has 0 saturated carbocycles. The quantitative estimate of drug-likeness (QED) is 0.581. The molecule has 1 aliphatic rings. The van der Waals surface area contributed by atoms with Crippen LogP contribution in [-0.4, -0.2) is 41.1 Å². The summed E-state index contributed by atoms with van der Waals surface area (Å²) >= 11 is 0. The minimum atomic E-state index is -0.468. The predicted octanol–water partition coefficient (Wildman–Crippen LogP) is 1.16. The molecule has 0 fully saturated rings. The molecule has 0 bridgehead atoms. The number of aromatic nitrogens is 2. The molecular formula is C18H22N5O4+. The first-order valence-corrected chi connectivity index (χ1v) is 8.81. The highest BCUT2D eigenvalue weighted by Gasteiger charge is 2.18. The molecule has 0 saturated heterocycles. The summed E-state index contributed by atoms with van der Waals surface area (Å²) in [6, 6.07) is 4.59. The molecule has 1 atom stereocenters. The van der Waals surface area contributed by atoms with Gasteiger partial charge in [-0.2, -0.15) is 4.98 Å². The number of benzene rings is 1. The summed E-state index contributed by atoms with van der Waals surface area (Å²) < 4.78 is 5.24. The van der Waals surface area contributed by atoms with E-state index in [1.807, 2.05) is 0 Å². The van der Waals surface area contributed by atoms with Crippen molar-refractivity contribution < 1.29 is 19.1 Å². The molecule has 142 valence electrons. The molecule has 0 aliphatic carbocycles. The average molecular weight is 372 g/mol. The largest absolute Gasteiger partial charge is 0.339 e. The zero-order valence-corrected chi connectivity index (χ0v) is 15.3. The lowest BCUT2D eigenvalue weighted by Crippen LogP contribution is -3.09. The minimum Gasteiger partial charge on any atom is -0.339 e. The number of rotatable bonds is 6. The number of aryl methyl sites for hydroxylation is 1. The first kappa shape index (κ1) is 18.7. The van der Waals surface area contributed by atoms with E-state index in [2.05, 4.69) is 28.6 Å². The van der Waals surface area contributed by atoms with E-state index in [1.165, 1.54) is 11.0 Å². The number of carbonyl (C=O) groups excluding carboxylic acids is 1. The van der Waals surface area contributed by atoms with E-state index in [4.69, 9.17) is 4.52 Å². The first-order valence-electron chi connectivity index (χ1n) is 8.81. The van der Waals surface area contributed by atoms with Crippen LogP contribution in [0.3, 0.4) is 0 Å². The number of nitro benzene ring substituents is 1. The third-order valence-corrected chi connectivity index (χ3v) is 4.62. The normalized spacial score (nSPS) is 16.7. The molecule has 0 radical (unpaired) electrons. The summed E-state index contributed by atoms with van der Waals surface area (Å²) in [5, 5.41) is 17.7. The van der Waals surface area contributed by atoms with Gasteiger partial charge in [-0.25, -0.2) is 0 Å². The summed E-state index contributed by atoms with van der Waals surface area (Å²) in [7, 11) is 2.14. The van der Waals surface area contributed by atoms with Crippen LogP contribution in [-0.2, 0) is 11.2 Å². The van der Waals surface area contributed by atoms with Crippen LogP contribution in [0.5, 0.6) is 0 Å². The first-order chi connectivity index (χ1) is 12.9. The fourth-order valence-electron chi connectivity index (χ4n) is 2.93. The van der Waals surface area contributed by atoms with Gasteiger partial charge in [0.05, 0.1) is 36.3 Å². The van der Waals surface area contributed by atoms with E-state index >= 15 is 0 Å². The van der Waals surface area contributed by atoms with Crippen molar-refractivity contribution in [1.29, 1.82) is 0 Å². The number of nitrogens with zero attached hydrogens (tertiary/aromatic N) is 3. The van der Waals surface area contributed by atoms with Crippen molar-refractivity contribution in [2.75, 3.05) is 25.5 Å². The Hall–Kier alpha value is -3.07. The molecule has 2 N–H and O–H groups in total. The van der Waals surface area contributed by atoms with Gasteiger partial charge in [0.2, 0.25) is 11.8 Å². The number of anilines is 1. The topological polar surface area (TPSA) is 116 Å². The zero-order chi connectivity index (χ0) is 19.4. The van der Waals surface area contributed by atoms with Crippen molar-refractivity contribution in [2.45, 2.75) is 26.2 Å². The maximum Gasteiger partial charge on any atom is 0.274 e. The second kappa shape index (κ2) is 8.09. The molecule has 1 aromatic carbocycles. The standard InChI is InChI=1S/C18H21N5O4/c1-12-14(4-3-5-15(12)23(25)26)19-16(24)6-7-17-20-18(21-27-17)13-8-10-22(2)11-9-13/h3-5,8H,6-7,9-11H2,1-2H3,(H,19,24)/p+1. The summed E-state index contributed by atoms with van der Waals surface area (Å²) in [5.41, 5.74) is 1.90. The van der Waals surface area contributed by atoms with Gasteiger partial charge >= 0.3 is 0 Å². The Morgan fingerprint density at radius 3 is 2.96 bits per heavy atom. The van der Waals surface area contributed by atoms with Gasteiger partial charge in [-0.3, -0.25) is 14.9 Å². The molecule has 2 aromatic rings. The molecule has 9 nitrogen and oxygen atoms in total. The molecule has 1 aliphatic heterocycles. The van der Waals surface area contributed by atoms with Crippen LogP contribution in [0.2, 0.25) is 0 Å². The van der Waals surface area contributed by atoms with Crippen molar-refractivity contribution in [1.82, 2.24) is 10.1 Å². The van der Waals surface area contributed by atoms with Crippen LogP contribution >= 0.6 is 0 Å². The summed E-state index contributed by atoms with van der Waals surface area (Å²) in [6.07, 6.45) is 3.48. The van der Waals surface area contributed by atoms with Gasteiger partial charge in [-0.1, -0.05) is 11.2 Å². The van der Waals surface area contributed by atoms with Crippen molar-refractivity contribution in [3.63, 3.8) is 0 Å². The molecule has 2 heterocycles. The second-order valence-corrected chi connectivity index (χ2v) is 6.66. The molecule has 1 aromatic heterocycles. The zero-order valence-electron chi connectivity index (χ0n) is 15.3. The number of nitro groups is 1. The number of amides is 1. The van der Waals surface area contributed by atoms with Crippen LogP contribution in [0.15, 0.2) is 28.8 Å². The van der Waals surface area contributed by atoms with Gasteiger partial charge in [-0.05, 0) is 19.1 Å². The third-order valence-electron chi connectivity index (χ3n) is 4.62. The molecule has 27 heavy (non-hydrogen) atoms. The summed E-state index contributed by atoms with van der Waals surface area (Å²) in [5.74, 6) is 0.732. The van der Waals surface area contributed by atoms with Crippen molar-refractivity contribution in [2.24, 2.45) is 0 Å². The molecular weight excluding hydrogens is 350 g/mol. The minimum absolute atomic E-state index is 0.0254. The predicted molar refractivity (Wildman–Crippen MR) is 98.3 cm³/mol. The van der Waals surface area contributed by atoms with Gasteiger partial charge in [0.25, 0.3) is 5.69 Å². The van der Waals surface area contributed by atoms with Gasteiger partial charge < -0.3 is 14.7 Å². The van der Waals surface area contributed by atoms with Gasteiger partial charge in [0, 0.05) is 30.9 Å². The van der Waals surface area contributed by atoms with Crippen LogP contribution in [0.4, 0.5) is 11.4 Å². The maximum atomic E-state index is 12.2. The van der Waals surface area contributed by atoms with E-state index in [1.54, 1.807) is 19.1 Å². The van der Waals surface area contributed by atoms with Crippen LogP contribution in [0, 0.1) is 17.0 Å². The highest BCUT2D eigenvalue weighted by Crippen LogP contribution is 2.25. The number of likely N-dealkylation sites (N-methyl/N-ethyl adjacent to an activating group) is 1. The van der Waals surface area contributed by atoms with Gasteiger partial charge in [-0.15, -0.1) is 0 Å². The highest BCUT2D eigenvalue weighted by atomic mass is 16.6. The number of hydrogen-bond donors (Lipinski definition) is 2. The highest BCUT2D eigenvalue weighted by molar-refractivity contribution is 5.92. The van der Waals surface area contributed by atoms with Gasteiger partial charge in [0.15, 0.2) is 5.82 Å². The van der Waals surface area contributed by atoms with E-state index in [-0.39, 0.29) is 18.0 Å². The molecule has 9 heteroatoms. The Morgan fingerprint density at radius 1 is 1.44 bits per heavy atom. The lowest BCUT2D eigenvalue weighted by molar-refractivity contribution is -0.874. The smallest absolute Gasteiger partial charge is 0.274 e. The lowest BCUT2D eigenvalue weighted by atomic mass is 10.1. The average Bonchev–Trinajstić information content (AvgIpc) is 3.11. The van der Waals surface area contributed by atoms with E-state index in [0.29, 0.717) is 29.4 Å². The fourth-order valence-corrected chi connectivity index (χ4v) is 2.93. The summed E-state index contributed by atoms with van der Waals surface area (Å²) in [6.45, 7) is 3.57. The Morgan fingerprint density at radius 2 is 2.26 bits per heavy atom. The van der Waals surface area contributed by atoms with Gasteiger partial charge in [0.1, 0.15) is 0 Å². The van der Waals surface area contributed by atoms with E-state index < -0.39 is 4.92 Å². The van der Waals surface area contributed by atoms with Crippen molar-refractivity contribution in [3.05, 3.63) is 51.7 Å². The molecule has 3 rings (SSSR count). The lowest BCUT2D eigenvalue weighted by Gasteiger charge is -2.17. The van der Waals surface area contributed by atoms with E-state index in [9.17, 15) is 14.9 Å². The van der Waals surface area contributed by atoms with E-state index in [0.717, 1.165) is 25.1 Å². The number of carbonyl (C=O) groups is 1. The van der Waals surface area contributed by atoms with Crippen molar-refractivity contribution in [3.8, 4) is 0 Å². The Balaban J connectivity index is 1.57. The number of nitrogens with one attached hydrogen (secondary N) is 2. The molecule has 1 amide bonds. The van der Waals surface area contributed by atoms with Crippen LogP contribution in [0.1, 0.15) is 30.1 Å². The molecule has 0 spiro atoms. The number of hydrogen-bond acceptors (Lipinski definition) is 6. The Bertz CT molecular complexity index is 890. The number of quaternary nitrogens is 1. The summed E-state index contributed by atoms with van der Waals surface area (Å²) in [4.78, 5) is 28.5. The Kier molecular flexibility index (Phi) is 5.60. The fraction of sp³-hybridized carbons (Fsp3) is 0.389. The monoisotopic (exact) mass is 372 g/mol. The van der Waals surface area contributed by atoms with Crippen molar-refractivity contribution >= 4 is 22.9 Å². The van der Waals surface area contributed by atoms with Crippen LogP contribution < -0.4 is 10.2 Å². The Labute approximate surface area is 156 Å².